The molecule has 1 saturated heterocycles. The van der Waals surface area contributed by atoms with E-state index in [1.54, 1.807) is 36.1 Å². The van der Waals surface area contributed by atoms with Crippen molar-refractivity contribution in [3.63, 3.8) is 0 Å². The van der Waals surface area contributed by atoms with Crippen molar-refractivity contribution in [1.29, 1.82) is 0 Å². The molecule has 6 nitrogen and oxygen atoms in total. The van der Waals surface area contributed by atoms with Crippen LogP contribution in [0.15, 0.2) is 54.6 Å². The minimum absolute atomic E-state index is 0.0929. The fraction of sp³-hybridized carbons (Fsp3) is 0.348. The number of carbonyl (C=O) groups is 3. The normalized spacial score (nSPS) is 15.7. The Balaban J connectivity index is 1.50. The molecule has 0 radical (unpaired) electrons. The molecule has 6 heteroatoms. The smallest absolute Gasteiger partial charge is 0.338 e. The van der Waals surface area contributed by atoms with Gasteiger partial charge in [0.05, 0.1) is 5.56 Å². The number of rotatable bonds is 7. The third-order valence-corrected chi connectivity index (χ3v) is 5.09. The summed E-state index contributed by atoms with van der Waals surface area (Å²) < 4.78 is 5.29. The Morgan fingerprint density at radius 1 is 1.07 bits per heavy atom. The predicted octanol–water partition coefficient (Wildman–Crippen LogP) is 3.28. The van der Waals surface area contributed by atoms with E-state index in [9.17, 15) is 14.4 Å². The van der Waals surface area contributed by atoms with Gasteiger partial charge in [0.2, 0.25) is 5.91 Å². The zero-order chi connectivity index (χ0) is 20.8. The van der Waals surface area contributed by atoms with Crippen LogP contribution >= 0.6 is 0 Å². The van der Waals surface area contributed by atoms with Crippen LogP contribution in [0.5, 0.6) is 0 Å². The summed E-state index contributed by atoms with van der Waals surface area (Å²) in [5, 5.41) is 2.83. The Morgan fingerprint density at radius 3 is 2.38 bits per heavy atom. The summed E-state index contributed by atoms with van der Waals surface area (Å²) >= 11 is 0. The van der Waals surface area contributed by atoms with Gasteiger partial charge in [-0.1, -0.05) is 37.3 Å². The Labute approximate surface area is 170 Å². The summed E-state index contributed by atoms with van der Waals surface area (Å²) in [6.45, 7) is 4.74. The quantitative estimate of drug-likeness (QED) is 0.732. The average Bonchev–Trinajstić information content (AvgIpc) is 3.18. The number of ether oxygens (including phenoxy) is 1. The monoisotopic (exact) mass is 394 g/mol. The van der Waals surface area contributed by atoms with Crippen molar-refractivity contribution in [2.75, 3.05) is 18.0 Å². The summed E-state index contributed by atoms with van der Waals surface area (Å²) in [6, 6.07) is 16.6. The second-order valence-corrected chi connectivity index (χ2v) is 7.30. The number of hydrogen-bond acceptors (Lipinski definition) is 4. The fourth-order valence-electron chi connectivity index (χ4n) is 3.28. The molecule has 3 rings (SSSR count). The van der Waals surface area contributed by atoms with Gasteiger partial charge >= 0.3 is 5.97 Å². The molecular formula is C23H26N2O4. The van der Waals surface area contributed by atoms with Gasteiger partial charge in [0.25, 0.3) is 5.91 Å². The number of hydrogen-bond donors (Lipinski definition) is 1. The van der Waals surface area contributed by atoms with Crippen LogP contribution in [-0.4, -0.2) is 37.0 Å². The summed E-state index contributed by atoms with van der Waals surface area (Å²) in [5.74, 6) is -0.650. The van der Waals surface area contributed by atoms with Crippen LogP contribution < -0.4 is 10.2 Å². The van der Waals surface area contributed by atoms with Gasteiger partial charge in [0.15, 0.2) is 6.10 Å². The third kappa shape index (κ3) is 5.22. The summed E-state index contributed by atoms with van der Waals surface area (Å²) in [6.07, 6.45) is 0.502. The van der Waals surface area contributed by atoms with E-state index in [-0.39, 0.29) is 17.7 Å². The molecule has 1 N–H and O–H groups in total. The van der Waals surface area contributed by atoms with Crippen molar-refractivity contribution in [3.8, 4) is 0 Å². The van der Waals surface area contributed by atoms with Gasteiger partial charge in [-0.05, 0) is 49.1 Å². The van der Waals surface area contributed by atoms with E-state index in [2.05, 4.69) is 5.32 Å². The van der Waals surface area contributed by atoms with E-state index in [0.29, 0.717) is 25.1 Å². The van der Waals surface area contributed by atoms with Crippen molar-refractivity contribution in [2.45, 2.75) is 38.7 Å². The molecule has 1 fully saturated rings. The highest BCUT2D eigenvalue weighted by Crippen LogP contribution is 2.22. The predicted molar refractivity (Wildman–Crippen MR) is 111 cm³/mol. The zero-order valence-corrected chi connectivity index (χ0v) is 16.8. The number of amides is 2. The highest BCUT2D eigenvalue weighted by Gasteiger charge is 2.23. The largest absolute Gasteiger partial charge is 0.449 e. The van der Waals surface area contributed by atoms with Crippen LogP contribution in [-0.2, 0) is 14.3 Å². The lowest BCUT2D eigenvalue weighted by atomic mass is 10.0. The van der Waals surface area contributed by atoms with Crippen LogP contribution in [0.1, 0.15) is 48.5 Å². The lowest BCUT2D eigenvalue weighted by Crippen LogP contribution is -2.37. The van der Waals surface area contributed by atoms with E-state index in [1.165, 1.54) is 0 Å². The number of anilines is 1. The van der Waals surface area contributed by atoms with Crippen LogP contribution in [0.3, 0.4) is 0 Å². The van der Waals surface area contributed by atoms with Gasteiger partial charge in [0.1, 0.15) is 0 Å². The van der Waals surface area contributed by atoms with Crippen molar-refractivity contribution < 1.29 is 19.1 Å². The number of benzene rings is 2. The molecule has 0 aromatic heterocycles. The number of nitrogens with one attached hydrogen (secondary N) is 1. The molecular weight excluding hydrogens is 368 g/mol. The molecule has 1 aliphatic heterocycles. The van der Waals surface area contributed by atoms with Crippen molar-refractivity contribution in [2.24, 2.45) is 0 Å². The lowest BCUT2D eigenvalue weighted by molar-refractivity contribution is -0.129. The van der Waals surface area contributed by atoms with Gasteiger partial charge in [-0.3, -0.25) is 9.59 Å². The van der Waals surface area contributed by atoms with Gasteiger partial charge in [0, 0.05) is 25.2 Å². The first kappa shape index (κ1) is 20.6. The molecule has 2 amide bonds. The van der Waals surface area contributed by atoms with Gasteiger partial charge in [-0.25, -0.2) is 4.79 Å². The van der Waals surface area contributed by atoms with Crippen LogP contribution in [0, 0.1) is 0 Å². The van der Waals surface area contributed by atoms with Crippen LogP contribution in [0.4, 0.5) is 5.69 Å². The molecule has 1 heterocycles. The standard InChI is InChI=1S/C23H26N2O4/c1-16(18-7-4-3-5-8-18)15-24-22(27)17(2)29-23(28)19-10-12-20(13-11-19)25-14-6-9-21(25)26/h3-5,7-8,10-13,16-17H,6,9,14-15H2,1-2H3,(H,24,27)/t16-,17-/m0/s1. The van der Waals surface area contributed by atoms with E-state index < -0.39 is 12.1 Å². The maximum absolute atomic E-state index is 12.3. The van der Waals surface area contributed by atoms with Crippen molar-refractivity contribution in [3.05, 3.63) is 65.7 Å². The van der Waals surface area contributed by atoms with Crippen LogP contribution in [0.2, 0.25) is 0 Å². The maximum atomic E-state index is 12.3. The van der Waals surface area contributed by atoms with Crippen molar-refractivity contribution in [1.82, 2.24) is 5.32 Å². The topological polar surface area (TPSA) is 75.7 Å². The molecule has 0 aliphatic carbocycles. The summed E-state index contributed by atoms with van der Waals surface area (Å²) in [4.78, 5) is 38.1. The zero-order valence-electron chi connectivity index (χ0n) is 16.8. The average molecular weight is 394 g/mol. The third-order valence-electron chi connectivity index (χ3n) is 5.09. The first-order valence-electron chi connectivity index (χ1n) is 9.90. The van der Waals surface area contributed by atoms with Gasteiger partial charge < -0.3 is 15.0 Å². The maximum Gasteiger partial charge on any atom is 0.338 e. The molecule has 29 heavy (non-hydrogen) atoms. The molecule has 2 atom stereocenters. The molecule has 2 aromatic carbocycles. The molecule has 2 aromatic rings. The van der Waals surface area contributed by atoms with Gasteiger partial charge in [-0.15, -0.1) is 0 Å². The van der Waals surface area contributed by atoms with Gasteiger partial charge in [-0.2, -0.15) is 0 Å². The van der Waals surface area contributed by atoms with Crippen molar-refractivity contribution >= 4 is 23.5 Å². The minimum Gasteiger partial charge on any atom is -0.449 e. The molecule has 0 bridgehead atoms. The van der Waals surface area contributed by atoms with Crippen LogP contribution in [0.25, 0.3) is 0 Å². The first-order valence-corrected chi connectivity index (χ1v) is 9.90. The molecule has 0 unspecified atom stereocenters. The Bertz CT molecular complexity index is 864. The molecule has 0 spiro atoms. The second-order valence-electron chi connectivity index (χ2n) is 7.30. The van der Waals surface area contributed by atoms with E-state index in [1.807, 2.05) is 37.3 Å². The number of nitrogens with zero attached hydrogens (tertiary/aromatic N) is 1. The Hall–Kier alpha value is -3.15. The number of esters is 1. The highest BCUT2D eigenvalue weighted by molar-refractivity contribution is 5.96. The number of carbonyl (C=O) groups excluding carboxylic acids is 3. The first-order chi connectivity index (χ1) is 14.0. The lowest BCUT2D eigenvalue weighted by Gasteiger charge is -2.17. The van der Waals surface area contributed by atoms with E-state index in [0.717, 1.165) is 17.7 Å². The summed E-state index contributed by atoms with van der Waals surface area (Å²) in [5.41, 5.74) is 2.25. The molecule has 0 saturated carbocycles. The van der Waals surface area contributed by atoms with E-state index >= 15 is 0 Å². The highest BCUT2D eigenvalue weighted by atomic mass is 16.5. The molecule has 152 valence electrons. The fourth-order valence-corrected chi connectivity index (χ4v) is 3.28. The van der Waals surface area contributed by atoms with E-state index in [4.69, 9.17) is 4.74 Å². The Morgan fingerprint density at radius 2 is 1.76 bits per heavy atom. The minimum atomic E-state index is -0.898. The Kier molecular flexibility index (Phi) is 6.65. The summed E-state index contributed by atoms with van der Waals surface area (Å²) in [7, 11) is 0. The molecule has 1 aliphatic rings. The second kappa shape index (κ2) is 9.37. The SMILES string of the molecule is C[C@H](OC(=O)c1ccc(N2CCCC2=O)cc1)C(=O)NC[C@H](C)c1ccccc1.